The first kappa shape index (κ1) is 20.4. The Labute approximate surface area is 157 Å². The zero-order valence-corrected chi connectivity index (χ0v) is 16.2. The van der Waals surface area contributed by atoms with Gasteiger partial charge in [-0.3, -0.25) is 4.79 Å². The maximum absolute atomic E-state index is 12.9. The van der Waals surface area contributed by atoms with Crippen LogP contribution >= 0.6 is 11.6 Å². The molecule has 0 saturated heterocycles. The van der Waals surface area contributed by atoms with Crippen molar-refractivity contribution in [3.8, 4) is 0 Å². The molecule has 0 unspecified atom stereocenters. The lowest BCUT2D eigenvalue weighted by Gasteiger charge is -2.26. The number of amides is 1. The number of carbonyl (C=O) groups excluding carboxylic acids is 1. The van der Waals surface area contributed by atoms with E-state index in [2.05, 4.69) is 10.0 Å². The molecule has 0 aliphatic rings. The molecule has 0 aliphatic heterocycles. The number of hydrogen-bond donors (Lipinski definition) is 2. The zero-order chi connectivity index (χ0) is 19.5. The van der Waals surface area contributed by atoms with Crippen molar-refractivity contribution in [1.29, 1.82) is 0 Å². The average Bonchev–Trinajstić information content (AvgIpc) is 2.50. The highest BCUT2D eigenvalue weighted by atomic mass is 35.5. The van der Waals surface area contributed by atoms with Crippen molar-refractivity contribution in [3.63, 3.8) is 0 Å². The van der Waals surface area contributed by atoms with E-state index in [0.717, 1.165) is 0 Å². The Morgan fingerprint density at radius 3 is 2.38 bits per heavy atom. The molecule has 2 aromatic rings. The van der Waals surface area contributed by atoms with Crippen LogP contribution in [-0.2, 0) is 14.8 Å². The van der Waals surface area contributed by atoms with E-state index in [1.54, 1.807) is 32.9 Å². The molecule has 140 valence electrons. The van der Waals surface area contributed by atoms with Crippen molar-refractivity contribution in [2.45, 2.75) is 37.6 Å². The number of carbonyl (C=O) groups is 1. The number of rotatable bonds is 6. The molecule has 0 spiro atoms. The third-order valence-corrected chi connectivity index (χ3v) is 5.90. The van der Waals surface area contributed by atoms with Crippen molar-refractivity contribution < 1.29 is 17.6 Å². The summed E-state index contributed by atoms with van der Waals surface area (Å²) < 4.78 is 40.7. The topological polar surface area (TPSA) is 75.3 Å². The van der Waals surface area contributed by atoms with Gasteiger partial charge in [0.25, 0.3) is 0 Å². The van der Waals surface area contributed by atoms with Crippen molar-refractivity contribution in [2.75, 3.05) is 5.32 Å². The lowest BCUT2D eigenvalue weighted by molar-refractivity contribution is -0.117. The number of hydrogen-bond acceptors (Lipinski definition) is 3. The summed E-state index contributed by atoms with van der Waals surface area (Å²) in [4.78, 5) is 12.3. The minimum atomic E-state index is -3.86. The highest BCUT2D eigenvalue weighted by Crippen LogP contribution is 2.24. The van der Waals surface area contributed by atoms with Crippen LogP contribution in [0.2, 0.25) is 5.02 Å². The molecule has 0 bridgehead atoms. The van der Waals surface area contributed by atoms with Gasteiger partial charge in [-0.1, -0.05) is 17.7 Å². The van der Waals surface area contributed by atoms with Crippen LogP contribution in [0.15, 0.2) is 47.4 Å². The van der Waals surface area contributed by atoms with Crippen LogP contribution < -0.4 is 10.0 Å². The summed E-state index contributed by atoms with van der Waals surface area (Å²) in [7, 11) is -3.86. The van der Waals surface area contributed by atoms with Crippen LogP contribution in [0.4, 0.5) is 10.1 Å². The van der Waals surface area contributed by atoms with Crippen LogP contribution in [-0.4, -0.2) is 19.9 Å². The van der Waals surface area contributed by atoms with Gasteiger partial charge in [0, 0.05) is 22.7 Å². The van der Waals surface area contributed by atoms with E-state index in [0.29, 0.717) is 16.3 Å². The molecule has 5 nitrogen and oxygen atoms in total. The van der Waals surface area contributed by atoms with Gasteiger partial charge in [-0.2, -0.15) is 0 Å². The summed E-state index contributed by atoms with van der Waals surface area (Å²) >= 11 is 5.99. The molecule has 2 rings (SSSR count). The molecule has 0 atom stereocenters. The molecule has 0 saturated carbocycles. The quantitative estimate of drug-likeness (QED) is 0.775. The first-order valence-corrected chi connectivity index (χ1v) is 9.71. The maximum atomic E-state index is 12.9. The summed E-state index contributed by atoms with van der Waals surface area (Å²) in [5.74, 6) is -0.805. The van der Waals surface area contributed by atoms with Crippen LogP contribution in [0.1, 0.15) is 25.8 Å². The SMILES string of the molecule is Cc1c(Cl)cccc1S(=O)(=O)NC(C)(C)CC(=O)Nc1ccc(F)cc1. The molecule has 2 aromatic carbocycles. The normalized spacial score (nSPS) is 12.0. The van der Waals surface area contributed by atoms with Gasteiger partial charge in [0.1, 0.15) is 5.82 Å². The molecular weight excluding hydrogens is 379 g/mol. The van der Waals surface area contributed by atoms with E-state index in [1.807, 2.05) is 0 Å². The highest BCUT2D eigenvalue weighted by Gasteiger charge is 2.30. The molecule has 2 N–H and O–H groups in total. The third kappa shape index (κ3) is 5.27. The Morgan fingerprint density at radius 2 is 1.77 bits per heavy atom. The van der Waals surface area contributed by atoms with E-state index in [9.17, 15) is 17.6 Å². The summed E-state index contributed by atoms with van der Waals surface area (Å²) in [6.07, 6.45) is -0.108. The first-order chi connectivity index (χ1) is 12.0. The van der Waals surface area contributed by atoms with Crippen molar-refractivity contribution in [3.05, 3.63) is 58.9 Å². The lowest BCUT2D eigenvalue weighted by Crippen LogP contribution is -2.45. The smallest absolute Gasteiger partial charge is 0.241 e. The molecule has 1 amide bonds. The summed E-state index contributed by atoms with van der Waals surface area (Å²) in [5, 5.41) is 2.96. The Morgan fingerprint density at radius 1 is 1.15 bits per heavy atom. The van der Waals surface area contributed by atoms with E-state index in [4.69, 9.17) is 11.6 Å². The van der Waals surface area contributed by atoms with E-state index >= 15 is 0 Å². The second kappa shape index (κ2) is 7.73. The standard InChI is InChI=1S/C18H20ClFN2O3S/c1-12-15(19)5-4-6-16(12)26(24,25)22-18(2,3)11-17(23)21-14-9-7-13(20)8-10-14/h4-10,22H,11H2,1-3H3,(H,21,23). The Kier molecular flexibility index (Phi) is 6.05. The van der Waals surface area contributed by atoms with Crippen LogP contribution in [0.3, 0.4) is 0 Å². The van der Waals surface area contributed by atoms with E-state index in [-0.39, 0.29) is 11.3 Å². The Bertz CT molecular complexity index is 913. The fourth-order valence-electron chi connectivity index (χ4n) is 2.47. The van der Waals surface area contributed by atoms with E-state index in [1.165, 1.54) is 30.3 Å². The first-order valence-electron chi connectivity index (χ1n) is 7.85. The third-order valence-electron chi connectivity index (χ3n) is 3.65. The Balaban J connectivity index is 2.10. The molecule has 0 fully saturated rings. The lowest BCUT2D eigenvalue weighted by atomic mass is 10.0. The predicted molar refractivity (Wildman–Crippen MR) is 100 cm³/mol. The van der Waals surface area contributed by atoms with Gasteiger partial charge < -0.3 is 5.32 Å². The molecule has 0 heterocycles. The zero-order valence-electron chi connectivity index (χ0n) is 14.6. The van der Waals surface area contributed by atoms with E-state index < -0.39 is 27.3 Å². The second-order valence-electron chi connectivity index (χ2n) is 6.58. The maximum Gasteiger partial charge on any atom is 0.241 e. The Hall–Kier alpha value is -1.96. The van der Waals surface area contributed by atoms with Crippen LogP contribution in [0, 0.1) is 12.7 Å². The molecule has 0 aromatic heterocycles. The van der Waals surface area contributed by atoms with Gasteiger partial charge in [0.2, 0.25) is 15.9 Å². The van der Waals surface area contributed by atoms with Gasteiger partial charge in [-0.05, 0) is 62.7 Å². The highest BCUT2D eigenvalue weighted by molar-refractivity contribution is 7.89. The summed E-state index contributed by atoms with van der Waals surface area (Å²) in [6, 6.07) is 9.93. The number of benzene rings is 2. The predicted octanol–water partition coefficient (Wildman–Crippen LogP) is 3.87. The molecule has 26 heavy (non-hydrogen) atoms. The number of halogens is 2. The summed E-state index contributed by atoms with van der Waals surface area (Å²) in [5.41, 5.74) is -0.175. The number of anilines is 1. The van der Waals surface area contributed by atoms with Gasteiger partial charge >= 0.3 is 0 Å². The molecule has 8 heteroatoms. The average molecular weight is 399 g/mol. The largest absolute Gasteiger partial charge is 0.326 e. The van der Waals surface area contributed by atoms with Crippen molar-refractivity contribution in [1.82, 2.24) is 4.72 Å². The summed E-state index contributed by atoms with van der Waals surface area (Å²) in [6.45, 7) is 4.83. The van der Waals surface area contributed by atoms with Gasteiger partial charge in [0.15, 0.2) is 0 Å². The minimum absolute atomic E-state index is 0.0667. The number of nitrogens with one attached hydrogen (secondary N) is 2. The van der Waals surface area contributed by atoms with Crippen molar-refractivity contribution in [2.24, 2.45) is 0 Å². The van der Waals surface area contributed by atoms with Gasteiger partial charge in [-0.25, -0.2) is 17.5 Å². The number of sulfonamides is 1. The molecule has 0 radical (unpaired) electrons. The second-order valence-corrected chi connectivity index (χ2v) is 8.64. The molecule has 0 aliphatic carbocycles. The van der Waals surface area contributed by atoms with Gasteiger partial charge in [-0.15, -0.1) is 0 Å². The van der Waals surface area contributed by atoms with Crippen LogP contribution in [0.25, 0.3) is 0 Å². The monoisotopic (exact) mass is 398 g/mol. The van der Waals surface area contributed by atoms with Gasteiger partial charge in [0.05, 0.1) is 4.90 Å². The fourth-order valence-corrected chi connectivity index (χ4v) is 4.38. The molecular formula is C18H20ClFN2O3S. The van der Waals surface area contributed by atoms with Crippen LogP contribution in [0.5, 0.6) is 0 Å². The fraction of sp³-hybridized carbons (Fsp3) is 0.278. The van der Waals surface area contributed by atoms with Crippen molar-refractivity contribution >= 4 is 33.2 Å². The minimum Gasteiger partial charge on any atom is -0.326 e.